The Balaban J connectivity index is 2.18. The van der Waals surface area contributed by atoms with E-state index < -0.39 is 9.84 Å². The van der Waals surface area contributed by atoms with Crippen molar-refractivity contribution in [3.8, 4) is 0 Å². The van der Waals surface area contributed by atoms with E-state index in [0.29, 0.717) is 17.8 Å². The number of aliphatic hydroxyl groups excluding tert-OH is 1. The molecule has 0 bridgehead atoms. The predicted octanol–water partition coefficient (Wildman–Crippen LogP) is -0.781. The van der Waals surface area contributed by atoms with Crippen molar-refractivity contribution in [1.29, 1.82) is 0 Å². The minimum Gasteiger partial charge on any atom is -0.397 e. The van der Waals surface area contributed by atoms with E-state index >= 15 is 0 Å². The van der Waals surface area contributed by atoms with Gasteiger partial charge in [0.15, 0.2) is 9.84 Å². The Morgan fingerprint density at radius 2 is 2.32 bits per heavy atom. The fourth-order valence-corrected chi connectivity index (χ4v) is 4.00. The van der Waals surface area contributed by atoms with Crippen LogP contribution in [0.2, 0.25) is 0 Å². The number of nitrogens with two attached hydrogens (primary N) is 1. The third kappa shape index (κ3) is 3.07. The normalized spacial score (nSPS) is 21.4. The van der Waals surface area contributed by atoms with Gasteiger partial charge in [0.2, 0.25) is 0 Å². The second-order valence-electron chi connectivity index (χ2n) is 4.63. The van der Waals surface area contributed by atoms with Gasteiger partial charge >= 0.3 is 0 Å². The first-order valence-corrected chi connectivity index (χ1v) is 7.81. The van der Waals surface area contributed by atoms with Crippen LogP contribution in [0.3, 0.4) is 0 Å². The molecule has 1 aliphatic rings. The summed E-state index contributed by atoms with van der Waals surface area (Å²) in [6, 6.07) is 1.12. The maximum Gasteiger partial charge on any atom is 0.270 e. The van der Waals surface area contributed by atoms with Crippen LogP contribution in [0.15, 0.2) is 12.3 Å². The van der Waals surface area contributed by atoms with Crippen molar-refractivity contribution >= 4 is 21.4 Å². The molecule has 0 radical (unpaired) electrons. The molecule has 0 spiro atoms. The summed E-state index contributed by atoms with van der Waals surface area (Å²) in [6.07, 6.45) is 1.90. The summed E-state index contributed by atoms with van der Waals surface area (Å²) in [5.41, 5.74) is 6.28. The molecule has 7 nitrogen and oxygen atoms in total. The molecule has 1 aromatic heterocycles. The summed E-state index contributed by atoms with van der Waals surface area (Å²) in [5, 5.41) is 9.05. The minimum absolute atomic E-state index is 0.0467. The molecule has 1 saturated heterocycles. The second kappa shape index (κ2) is 5.22. The summed E-state index contributed by atoms with van der Waals surface area (Å²) in [5.74, 6) is -0.304. The number of aliphatic hydroxyl groups is 1. The predicted molar refractivity (Wildman–Crippen MR) is 70.4 cm³/mol. The minimum atomic E-state index is -3.08. The molecule has 4 N–H and O–H groups in total. The van der Waals surface area contributed by atoms with Crippen LogP contribution >= 0.6 is 0 Å². The highest BCUT2D eigenvalue weighted by Crippen LogP contribution is 2.20. The molecule has 2 rings (SSSR count). The smallest absolute Gasteiger partial charge is 0.270 e. The molecular weight excluding hydrogens is 270 g/mol. The summed E-state index contributed by atoms with van der Waals surface area (Å²) < 4.78 is 23.0. The van der Waals surface area contributed by atoms with Gasteiger partial charge in [-0.05, 0) is 12.5 Å². The number of hydrogen-bond donors (Lipinski definition) is 3. The van der Waals surface area contributed by atoms with Gasteiger partial charge in [-0.3, -0.25) is 4.79 Å². The van der Waals surface area contributed by atoms with Gasteiger partial charge in [0, 0.05) is 24.5 Å². The molecular formula is C11H17N3O4S. The third-order valence-corrected chi connectivity index (χ3v) is 4.94. The van der Waals surface area contributed by atoms with Crippen LogP contribution in [0.25, 0.3) is 0 Å². The highest BCUT2D eigenvalue weighted by molar-refractivity contribution is 7.91. The molecule has 106 valence electrons. The monoisotopic (exact) mass is 287 g/mol. The van der Waals surface area contributed by atoms with E-state index in [1.165, 1.54) is 17.2 Å². The quantitative estimate of drug-likeness (QED) is 0.671. The van der Waals surface area contributed by atoms with Crippen molar-refractivity contribution < 1.29 is 18.3 Å². The van der Waals surface area contributed by atoms with E-state index in [4.69, 9.17) is 10.8 Å². The first-order chi connectivity index (χ1) is 8.93. The number of aromatic nitrogens is 1. The molecule has 8 heteroatoms. The summed E-state index contributed by atoms with van der Waals surface area (Å²) in [4.78, 5) is 16.4. The first-order valence-electron chi connectivity index (χ1n) is 5.99. The number of amides is 1. The van der Waals surface area contributed by atoms with Crippen molar-refractivity contribution in [3.05, 3.63) is 18.0 Å². The molecule has 19 heavy (non-hydrogen) atoms. The number of carbonyl (C=O) groups is 1. The van der Waals surface area contributed by atoms with E-state index in [0.717, 1.165) is 0 Å². The third-order valence-electron chi connectivity index (χ3n) is 3.19. The maximum atomic E-state index is 12.3. The average molecular weight is 287 g/mol. The van der Waals surface area contributed by atoms with Crippen LogP contribution in [0.5, 0.6) is 0 Å². The van der Waals surface area contributed by atoms with Gasteiger partial charge in [-0.2, -0.15) is 0 Å². The Morgan fingerprint density at radius 3 is 2.79 bits per heavy atom. The maximum absolute atomic E-state index is 12.3. The Hall–Kier alpha value is -1.54. The van der Waals surface area contributed by atoms with Gasteiger partial charge in [-0.1, -0.05) is 0 Å². The summed E-state index contributed by atoms with van der Waals surface area (Å²) >= 11 is 0. The van der Waals surface area contributed by atoms with Gasteiger partial charge in [0.05, 0.1) is 18.1 Å². The lowest BCUT2D eigenvalue weighted by Crippen LogP contribution is -2.43. The lowest BCUT2D eigenvalue weighted by molar-refractivity contribution is 0.0650. The standard InChI is InChI=1S/C11H17N3O4S/c12-8-5-10(13-6-8)11(16)14(2-3-15)9-1-4-19(17,18)7-9/h5-6,9,13,15H,1-4,7,12H2. The van der Waals surface area contributed by atoms with E-state index in [9.17, 15) is 13.2 Å². The fraction of sp³-hybridized carbons (Fsp3) is 0.545. The number of aromatic amines is 1. The van der Waals surface area contributed by atoms with Crippen LogP contribution in [0.1, 0.15) is 16.9 Å². The molecule has 0 saturated carbocycles. The van der Waals surface area contributed by atoms with Crippen LogP contribution in [-0.2, 0) is 9.84 Å². The lowest BCUT2D eigenvalue weighted by Gasteiger charge is -2.27. The number of nitrogen functional groups attached to an aromatic ring is 1. The molecule has 1 unspecified atom stereocenters. The van der Waals surface area contributed by atoms with E-state index in [-0.39, 0.29) is 36.6 Å². The molecule has 1 aromatic rings. The molecule has 0 aromatic carbocycles. The molecule has 0 aliphatic carbocycles. The second-order valence-corrected chi connectivity index (χ2v) is 6.85. The highest BCUT2D eigenvalue weighted by atomic mass is 32.2. The van der Waals surface area contributed by atoms with Crippen molar-refractivity contribution in [2.75, 3.05) is 30.4 Å². The van der Waals surface area contributed by atoms with Crippen LogP contribution in [0, 0.1) is 0 Å². The van der Waals surface area contributed by atoms with Crippen molar-refractivity contribution in [2.24, 2.45) is 0 Å². The topological polar surface area (TPSA) is 116 Å². The fourth-order valence-electron chi connectivity index (χ4n) is 2.27. The number of anilines is 1. The van der Waals surface area contributed by atoms with E-state index in [1.54, 1.807) is 0 Å². The Labute approximate surface area is 111 Å². The van der Waals surface area contributed by atoms with Crippen LogP contribution in [0.4, 0.5) is 5.69 Å². The zero-order chi connectivity index (χ0) is 14.0. The van der Waals surface area contributed by atoms with E-state index in [2.05, 4.69) is 4.98 Å². The highest BCUT2D eigenvalue weighted by Gasteiger charge is 2.35. The molecule has 1 atom stereocenters. The Kier molecular flexibility index (Phi) is 3.81. The molecule has 2 heterocycles. The number of hydrogen-bond acceptors (Lipinski definition) is 5. The average Bonchev–Trinajstić information content (AvgIpc) is 2.91. The SMILES string of the molecule is Nc1c[nH]c(C(=O)N(CCO)C2CCS(=O)(=O)C2)c1. The zero-order valence-corrected chi connectivity index (χ0v) is 11.2. The van der Waals surface area contributed by atoms with Gasteiger partial charge in [0.25, 0.3) is 5.91 Å². The number of H-pyrrole nitrogens is 1. The van der Waals surface area contributed by atoms with Gasteiger partial charge in [0.1, 0.15) is 5.69 Å². The molecule has 1 fully saturated rings. The number of rotatable bonds is 4. The van der Waals surface area contributed by atoms with Crippen molar-refractivity contribution in [1.82, 2.24) is 9.88 Å². The van der Waals surface area contributed by atoms with Gasteiger partial charge < -0.3 is 20.7 Å². The van der Waals surface area contributed by atoms with Crippen molar-refractivity contribution in [3.63, 3.8) is 0 Å². The molecule has 1 aliphatic heterocycles. The molecule has 1 amide bonds. The number of nitrogens with one attached hydrogen (secondary N) is 1. The van der Waals surface area contributed by atoms with Gasteiger partial charge in [-0.15, -0.1) is 0 Å². The van der Waals surface area contributed by atoms with E-state index in [1.807, 2.05) is 0 Å². The Morgan fingerprint density at radius 1 is 1.58 bits per heavy atom. The summed E-state index contributed by atoms with van der Waals surface area (Å²) in [7, 11) is -3.08. The Bertz CT molecular complexity index is 566. The number of sulfone groups is 1. The van der Waals surface area contributed by atoms with Crippen LogP contribution in [-0.4, -0.2) is 60.0 Å². The van der Waals surface area contributed by atoms with Gasteiger partial charge in [-0.25, -0.2) is 8.42 Å². The lowest BCUT2D eigenvalue weighted by atomic mass is 10.2. The largest absolute Gasteiger partial charge is 0.397 e. The first kappa shape index (κ1) is 13.9. The summed E-state index contributed by atoms with van der Waals surface area (Å²) in [6.45, 7) is -0.101. The number of carbonyl (C=O) groups excluding carboxylic acids is 1. The zero-order valence-electron chi connectivity index (χ0n) is 10.4. The van der Waals surface area contributed by atoms with Crippen LogP contribution < -0.4 is 5.73 Å². The van der Waals surface area contributed by atoms with Crippen molar-refractivity contribution in [2.45, 2.75) is 12.5 Å². The number of nitrogens with zero attached hydrogens (tertiary/aromatic N) is 1.